The monoisotopic (exact) mass is 404 g/mol. The van der Waals surface area contributed by atoms with E-state index >= 15 is 0 Å². The predicted molar refractivity (Wildman–Crippen MR) is 108 cm³/mol. The van der Waals surface area contributed by atoms with Gasteiger partial charge in [-0.25, -0.2) is 9.78 Å². The standard InChI is InChI=1S/C19H17ClN2O4S/c1-8-5-11(6-9(2)14(8)23)7-12(20)16-21-17(24)13-10(3)15(19(25)26-4)27-18(13)22-16/h5-7,23H,1-4H3,(H,21,22,24)/b12-7-. The summed E-state index contributed by atoms with van der Waals surface area (Å²) in [7, 11) is 1.29. The van der Waals surface area contributed by atoms with Gasteiger partial charge in [0.25, 0.3) is 5.56 Å². The van der Waals surface area contributed by atoms with Crippen LogP contribution in [0.4, 0.5) is 0 Å². The number of phenolic OH excluding ortho intramolecular Hbond substituents is 1. The number of phenols is 1. The number of halogens is 1. The number of methoxy groups -OCH3 is 1. The lowest BCUT2D eigenvalue weighted by Gasteiger charge is -2.06. The Morgan fingerprint density at radius 1 is 1.30 bits per heavy atom. The number of hydrogen-bond acceptors (Lipinski definition) is 6. The van der Waals surface area contributed by atoms with Crippen LogP contribution >= 0.6 is 22.9 Å². The van der Waals surface area contributed by atoms with Crippen molar-refractivity contribution in [3.05, 3.63) is 55.4 Å². The van der Waals surface area contributed by atoms with E-state index in [2.05, 4.69) is 9.97 Å². The molecule has 0 unspecified atom stereocenters. The highest BCUT2D eigenvalue weighted by Crippen LogP contribution is 2.30. The number of H-pyrrole nitrogens is 1. The van der Waals surface area contributed by atoms with E-state index in [1.165, 1.54) is 7.11 Å². The largest absolute Gasteiger partial charge is 0.507 e. The summed E-state index contributed by atoms with van der Waals surface area (Å²) in [5.74, 6) is -0.0658. The number of nitrogens with zero attached hydrogens (tertiary/aromatic N) is 1. The Morgan fingerprint density at radius 2 is 1.93 bits per heavy atom. The molecule has 0 aliphatic heterocycles. The van der Waals surface area contributed by atoms with Crippen molar-refractivity contribution in [1.29, 1.82) is 0 Å². The Morgan fingerprint density at radius 3 is 2.52 bits per heavy atom. The molecule has 0 amide bonds. The molecule has 2 heterocycles. The molecule has 0 radical (unpaired) electrons. The van der Waals surface area contributed by atoms with Crippen LogP contribution in [0, 0.1) is 20.8 Å². The van der Waals surface area contributed by atoms with E-state index in [-0.39, 0.29) is 22.2 Å². The number of hydrogen-bond donors (Lipinski definition) is 2. The number of aromatic amines is 1. The molecule has 140 valence electrons. The van der Waals surface area contributed by atoms with Gasteiger partial charge in [0.2, 0.25) is 0 Å². The third-order valence-corrected chi connectivity index (χ3v) is 5.66. The fourth-order valence-corrected chi connectivity index (χ4v) is 4.15. The minimum Gasteiger partial charge on any atom is -0.507 e. The Balaban J connectivity index is 2.12. The van der Waals surface area contributed by atoms with Gasteiger partial charge >= 0.3 is 5.97 Å². The zero-order valence-electron chi connectivity index (χ0n) is 15.1. The highest BCUT2D eigenvalue weighted by molar-refractivity contribution is 7.20. The second kappa shape index (κ2) is 7.17. The maximum Gasteiger partial charge on any atom is 0.348 e. The quantitative estimate of drug-likeness (QED) is 0.640. The zero-order chi connectivity index (χ0) is 19.9. The molecule has 1 aromatic carbocycles. The molecule has 0 saturated heterocycles. The second-order valence-electron chi connectivity index (χ2n) is 6.14. The van der Waals surface area contributed by atoms with E-state index in [4.69, 9.17) is 16.3 Å². The van der Waals surface area contributed by atoms with Gasteiger partial charge in [0, 0.05) is 0 Å². The predicted octanol–water partition coefficient (Wildman–Crippen LogP) is 4.14. The number of nitrogens with one attached hydrogen (secondary N) is 1. The molecule has 0 bridgehead atoms. The van der Waals surface area contributed by atoms with Gasteiger partial charge in [0.1, 0.15) is 15.5 Å². The molecule has 2 N–H and O–H groups in total. The van der Waals surface area contributed by atoms with Crippen molar-refractivity contribution < 1.29 is 14.6 Å². The lowest BCUT2D eigenvalue weighted by Crippen LogP contribution is -2.10. The molecular formula is C19H17ClN2O4S. The normalized spacial score (nSPS) is 11.8. The molecule has 0 spiro atoms. The fraction of sp³-hybridized carbons (Fsp3) is 0.211. The van der Waals surface area contributed by atoms with Crippen LogP contribution in [0.2, 0.25) is 0 Å². The van der Waals surface area contributed by atoms with Crippen molar-refractivity contribution in [2.45, 2.75) is 20.8 Å². The van der Waals surface area contributed by atoms with E-state index in [1.54, 1.807) is 39.0 Å². The molecule has 0 aliphatic carbocycles. The van der Waals surface area contributed by atoms with Crippen molar-refractivity contribution in [3.63, 3.8) is 0 Å². The Hall–Kier alpha value is -2.64. The number of aryl methyl sites for hydroxylation is 3. The Bertz CT molecular complexity index is 1140. The van der Waals surface area contributed by atoms with Crippen LogP contribution in [0.5, 0.6) is 5.75 Å². The first-order valence-electron chi connectivity index (χ1n) is 8.02. The Kier molecular flexibility index (Phi) is 5.08. The van der Waals surface area contributed by atoms with Crippen LogP contribution < -0.4 is 5.56 Å². The number of rotatable bonds is 3. The van der Waals surface area contributed by atoms with Crippen molar-refractivity contribution in [2.75, 3.05) is 7.11 Å². The minimum atomic E-state index is -0.506. The number of esters is 1. The third kappa shape index (κ3) is 3.48. The van der Waals surface area contributed by atoms with E-state index in [0.29, 0.717) is 20.7 Å². The summed E-state index contributed by atoms with van der Waals surface area (Å²) in [6, 6.07) is 3.57. The van der Waals surface area contributed by atoms with Crippen molar-refractivity contribution in [3.8, 4) is 5.75 Å². The number of thiophene rings is 1. The van der Waals surface area contributed by atoms with E-state index in [1.807, 2.05) is 0 Å². The van der Waals surface area contributed by atoms with Crippen molar-refractivity contribution in [1.82, 2.24) is 9.97 Å². The van der Waals surface area contributed by atoms with Crippen LogP contribution in [0.15, 0.2) is 16.9 Å². The molecule has 0 atom stereocenters. The summed E-state index contributed by atoms with van der Waals surface area (Å²) in [6.45, 7) is 5.27. The lowest BCUT2D eigenvalue weighted by atomic mass is 10.1. The molecular weight excluding hydrogens is 388 g/mol. The summed E-state index contributed by atoms with van der Waals surface area (Å²) < 4.78 is 4.75. The smallest absolute Gasteiger partial charge is 0.348 e. The zero-order valence-corrected chi connectivity index (χ0v) is 16.7. The number of fused-ring (bicyclic) bond motifs is 1. The number of aromatic hydroxyl groups is 1. The van der Waals surface area contributed by atoms with Crippen LogP contribution in [0.25, 0.3) is 21.3 Å². The van der Waals surface area contributed by atoms with Crippen LogP contribution in [-0.4, -0.2) is 28.2 Å². The van der Waals surface area contributed by atoms with E-state index in [0.717, 1.165) is 28.0 Å². The summed E-state index contributed by atoms with van der Waals surface area (Å²) in [5.41, 5.74) is 2.38. The van der Waals surface area contributed by atoms with Gasteiger partial charge in [0.05, 0.1) is 17.5 Å². The summed E-state index contributed by atoms with van der Waals surface area (Å²) >= 11 is 7.46. The highest BCUT2D eigenvalue weighted by atomic mass is 35.5. The first kappa shape index (κ1) is 19.1. The Labute approximate surface area is 164 Å². The first-order valence-corrected chi connectivity index (χ1v) is 9.22. The van der Waals surface area contributed by atoms with Gasteiger partial charge in [0.15, 0.2) is 5.82 Å². The molecule has 6 nitrogen and oxygen atoms in total. The molecule has 0 fully saturated rings. The summed E-state index contributed by atoms with van der Waals surface area (Å²) in [4.78, 5) is 32.2. The van der Waals surface area contributed by atoms with Gasteiger partial charge in [-0.1, -0.05) is 11.6 Å². The maximum atomic E-state index is 12.5. The molecule has 2 aromatic heterocycles. The lowest BCUT2D eigenvalue weighted by molar-refractivity contribution is 0.0605. The van der Waals surface area contributed by atoms with Gasteiger partial charge in [-0.15, -0.1) is 11.3 Å². The van der Waals surface area contributed by atoms with E-state index < -0.39 is 5.97 Å². The van der Waals surface area contributed by atoms with Gasteiger partial charge in [-0.05, 0) is 61.2 Å². The summed E-state index contributed by atoms with van der Waals surface area (Å²) in [5, 5.41) is 10.5. The van der Waals surface area contributed by atoms with Gasteiger partial charge < -0.3 is 14.8 Å². The van der Waals surface area contributed by atoms with E-state index in [9.17, 15) is 14.7 Å². The number of benzene rings is 1. The molecule has 0 aliphatic rings. The molecule has 27 heavy (non-hydrogen) atoms. The van der Waals surface area contributed by atoms with Crippen LogP contribution in [-0.2, 0) is 4.74 Å². The number of aromatic nitrogens is 2. The highest BCUT2D eigenvalue weighted by Gasteiger charge is 2.20. The SMILES string of the molecule is COC(=O)c1sc2nc(/C(Cl)=C/c3cc(C)c(O)c(C)c3)[nH]c(=O)c2c1C. The fourth-order valence-electron chi connectivity index (χ4n) is 2.83. The third-order valence-electron chi connectivity index (χ3n) is 4.20. The molecule has 3 rings (SSSR count). The number of ether oxygens (including phenoxy) is 1. The van der Waals surface area contributed by atoms with Crippen LogP contribution in [0.1, 0.15) is 37.7 Å². The minimum absolute atomic E-state index is 0.204. The van der Waals surface area contributed by atoms with Crippen molar-refractivity contribution in [2.24, 2.45) is 0 Å². The number of carbonyl (C=O) groups excluding carboxylic acids is 1. The molecule has 0 saturated carbocycles. The van der Waals surface area contributed by atoms with Crippen LogP contribution in [0.3, 0.4) is 0 Å². The average Bonchev–Trinajstić information content (AvgIpc) is 2.96. The summed E-state index contributed by atoms with van der Waals surface area (Å²) in [6.07, 6.45) is 1.66. The molecule has 8 heteroatoms. The van der Waals surface area contributed by atoms with Gasteiger partial charge in [-0.2, -0.15) is 0 Å². The topological polar surface area (TPSA) is 92.3 Å². The van der Waals surface area contributed by atoms with Crippen molar-refractivity contribution >= 4 is 50.2 Å². The average molecular weight is 405 g/mol. The van der Waals surface area contributed by atoms with Gasteiger partial charge in [-0.3, -0.25) is 4.79 Å². The second-order valence-corrected chi connectivity index (χ2v) is 7.54. The first-order chi connectivity index (χ1) is 12.7. The maximum absolute atomic E-state index is 12.5. The number of carbonyl (C=O) groups is 1. The molecule has 3 aromatic rings.